The van der Waals surface area contributed by atoms with Gasteiger partial charge in [-0.05, 0) is 31.0 Å². The number of benzene rings is 1. The number of allylic oxidation sites excluding steroid dienone is 1. The summed E-state index contributed by atoms with van der Waals surface area (Å²) in [5.41, 5.74) is 10.6. The third-order valence-corrected chi connectivity index (χ3v) is 5.59. The quantitative estimate of drug-likeness (QED) is 0.466. The van der Waals surface area contributed by atoms with E-state index < -0.39 is 0 Å². The maximum Gasteiger partial charge on any atom is 0.162 e. The monoisotopic (exact) mass is 401 g/mol. The zero-order valence-electron chi connectivity index (χ0n) is 16.2. The number of anilines is 1. The van der Waals surface area contributed by atoms with E-state index in [1.165, 1.54) is 5.56 Å². The van der Waals surface area contributed by atoms with E-state index in [4.69, 9.17) is 15.7 Å². The molecule has 0 spiro atoms. The zero-order chi connectivity index (χ0) is 20.1. The summed E-state index contributed by atoms with van der Waals surface area (Å²) < 4.78 is 1.04. The third kappa shape index (κ3) is 4.50. The number of hydrogen-bond acceptors (Lipinski definition) is 6. The Hall–Kier alpha value is -3.09. The van der Waals surface area contributed by atoms with Gasteiger partial charge in [-0.25, -0.2) is 9.97 Å². The maximum atomic E-state index is 6.38. The molecule has 0 radical (unpaired) electrons. The van der Waals surface area contributed by atoms with Crippen LogP contribution in [0.25, 0.3) is 27.7 Å². The largest absolute Gasteiger partial charge is 0.367 e. The van der Waals surface area contributed by atoms with Gasteiger partial charge in [-0.2, -0.15) is 0 Å². The van der Waals surface area contributed by atoms with Crippen molar-refractivity contribution in [3.05, 3.63) is 77.4 Å². The Morgan fingerprint density at radius 2 is 1.90 bits per heavy atom. The summed E-state index contributed by atoms with van der Waals surface area (Å²) in [6.45, 7) is 2.64. The molecule has 0 aliphatic heterocycles. The molecular formula is C23H23N5S. The van der Waals surface area contributed by atoms with E-state index in [-0.39, 0.29) is 6.04 Å². The predicted molar refractivity (Wildman–Crippen MR) is 122 cm³/mol. The number of thiophene rings is 1. The molecule has 0 aliphatic rings. The lowest BCUT2D eigenvalue weighted by Gasteiger charge is -2.14. The lowest BCUT2D eigenvalue weighted by molar-refractivity contribution is 0.698. The molecule has 29 heavy (non-hydrogen) atoms. The van der Waals surface area contributed by atoms with Gasteiger partial charge in [0.15, 0.2) is 5.82 Å². The van der Waals surface area contributed by atoms with Crippen LogP contribution in [0.1, 0.15) is 18.1 Å². The van der Waals surface area contributed by atoms with Gasteiger partial charge in [-0.3, -0.25) is 4.98 Å². The molecule has 0 aliphatic carbocycles. The van der Waals surface area contributed by atoms with Crippen molar-refractivity contribution in [3.8, 4) is 11.4 Å². The molecule has 3 aromatic heterocycles. The molecule has 4 aromatic rings. The summed E-state index contributed by atoms with van der Waals surface area (Å²) >= 11 is 1.65. The van der Waals surface area contributed by atoms with E-state index in [0.717, 1.165) is 33.6 Å². The van der Waals surface area contributed by atoms with Crippen LogP contribution in [0.5, 0.6) is 0 Å². The fourth-order valence-electron chi connectivity index (χ4n) is 3.20. The molecule has 6 heteroatoms. The summed E-state index contributed by atoms with van der Waals surface area (Å²) in [6.07, 6.45) is 8.43. The highest BCUT2D eigenvalue weighted by Crippen LogP contribution is 2.32. The van der Waals surface area contributed by atoms with E-state index in [2.05, 4.69) is 33.9 Å². The second-order valence-electron chi connectivity index (χ2n) is 6.83. The second-order valence-corrected chi connectivity index (χ2v) is 7.71. The normalized spacial score (nSPS) is 12.5. The summed E-state index contributed by atoms with van der Waals surface area (Å²) in [6, 6.07) is 14.1. The first kappa shape index (κ1) is 19.2. The Kier molecular flexibility index (Phi) is 5.93. The highest BCUT2D eigenvalue weighted by Gasteiger charge is 2.14. The lowest BCUT2D eigenvalue weighted by Crippen LogP contribution is -2.31. The summed E-state index contributed by atoms with van der Waals surface area (Å²) in [4.78, 5) is 13.7. The molecule has 0 unspecified atom stereocenters. The first-order chi connectivity index (χ1) is 14.2. The molecule has 0 bridgehead atoms. The van der Waals surface area contributed by atoms with Crippen molar-refractivity contribution in [2.75, 3.05) is 11.9 Å². The molecule has 3 N–H and O–H groups in total. The van der Waals surface area contributed by atoms with Crippen LogP contribution in [0.15, 0.2) is 66.3 Å². The minimum Gasteiger partial charge on any atom is -0.367 e. The molecular weight excluding hydrogens is 378 g/mol. The minimum absolute atomic E-state index is 0.0123. The van der Waals surface area contributed by atoms with E-state index in [9.17, 15) is 0 Å². The fourth-order valence-corrected chi connectivity index (χ4v) is 4.14. The number of nitrogens with zero attached hydrogens (tertiary/aromatic N) is 3. The maximum absolute atomic E-state index is 6.38. The van der Waals surface area contributed by atoms with Crippen LogP contribution in [-0.2, 0) is 6.42 Å². The average molecular weight is 402 g/mol. The number of aromatic nitrogens is 3. The highest BCUT2D eigenvalue weighted by molar-refractivity contribution is 7.18. The highest BCUT2D eigenvalue weighted by atomic mass is 32.1. The number of rotatable bonds is 7. The second kappa shape index (κ2) is 8.94. The summed E-state index contributed by atoms with van der Waals surface area (Å²) in [5.74, 6) is 1.51. The Balaban J connectivity index is 1.63. The van der Waals surface area contributed by atoms with Crippen molar-refractivity contribution in [1.29, 1.82) is 0 Å². The topological polar surface area (TPSA) is 76.7 Å². The van der Waals surface area contributed by atoms with Gasteiger partial charge < -0.3 is 11.1 Å². The predicted octanol–water partition coefficient (Wildman–Crippen LogP) is 4.77. The van der Waals surface area contributed by atoms with Crippen LogP contribution in [0.2, 0.25) is 0 Å². The molecule has 0 saturated carbocycles. The molecule has 0 amide bonds. The van der Waals surface area contributed by atoms with Gasteiger partial charge in [0, 0.05) is 41.5 Å². The van der Waals surface area contributed by atoms with Crippen LogP contribution < -0.4 is 11.1 Å². The van der Waals surface area contributed by atoms with Crippen LogP contribution >= 0.6 is 11.3 Å². The van der Waals surface area contributed by atoms with E-state index >= 15 is 0 Å². The summed E-state index contributed by atoms with van der Waals surface area (Å²) in [5, 5.41) is 5.58. The fraction of sp³-hybridized carbons (Fsp3) is 0.174. The summed E-state index contributed by atoms with van der Waals surface area (Å²) in [7, 11) is 0. The molecule has 1 atom stereocenters. The number of hydrogen-bond donors (Lipinski definition) is 2. The van der Waals surface area contributed by atoms with Gasteiger partial charge >= 0.3 is 0 Å². The van der Waals surface area contributed by atoms with Crippen molar-refractivity contribution >= 4 is 33.4 Å². The lowest BCUT2D eigenvalue weighted by atomic mass is 10.1. The zero-order valence-corrected chi connectivity index (χ0v) is 17.1. The Morgan fingerprint density at radius 3 is 2.66 bits per heavy atom. The SMILES string of the molecule is C/C=C\c1csc2c(NC[C@@H](N)Cc3ccccc3)nc(-c3ccncc3)nc12. The van der Waals surface area contributed by atoms with Crippen molar-refractivity contribution in [2.45, 2.75) is 19.4 Å². The standard InChI is InChI=1S/C23H23N5S/c1-2-6-18-15-29-21-20(18)27-22(17-9-11-25-12-10-17)28-23(21)26-14-19(24)13-16-7-4-3-5-8-16/h2-12,15,19H,13-14,24H2,1H3,(H,26,27,28)/b6-2-/t19-/m0/s1. The van der Waals surface area contributed by atoms with Gasteiger partial charge in [0.2, 0.25) is 0 Å². The van der Waals surface area contributed by atoms with Gasteiger partial charge in [0.25, 0.3) is 0 Å². The van der Waals surface area contributed by atoms with Crippen LogP contribution in [-0.4, -0.2) is 27.5 Å². The van der Waals surface area contributed by atoms with Crippen LogP contribution in [0.3, 0.4) is 0 Å². The molecule has 4 rings (SSSR count). The van der Waals surface area contributed by atoms with Crippen LogP contribution in [0.4, 0.5) is 5.82 Å². The third-order valence-electron chi connectivity index (χ3n) is 4.60. The number of nitrogens with two attached hydrogens (primary N) is 1. The smallest absolute Gasteiger partial charge is 0.162 e. The van der Waals surface area contributed by atoms with Crippen molar-refractivity contribution in [3.63, 3.8) is 0 Å². The molecule has 1 aromatic carbocycles. The number of fused-ring (bicyclic) bond motifs is 1. The molecule has 146 valence electrons. The van der Waals surface area contributed by atoms with Gasteiger partial charge in [-0.15, -0.1) is 11.3 Å². The molecule has 5 nitrogen and oxygen atoms in total. The Labute approximate surface area is 174 Å². The number of pyridine rings is 1. The first-order valence-electron chi connectivity index (χ1n) is 9.60. The molecule has 0 saturated heterocycles. The molecule has 0 fully saturated rings. The van der Waals surface area contributed by atoms with E-state index in [0.29, 0.717) is 12.4 Å². The van der Waals surface area contributed by atoms with Crippen molar-refractivity contribution in [2.24, 2.45) is 5.73 Å². The minimum atomic E-state index is -0.0123. The van der Waals surface area contributed by atoms with Gasteiger partial charge in [-0.1, -0.05) is 42.5 Å². The van der Waals surface area contributed by atoms with Gasteiger partial charge in [0.1, 0.15) is 5.82 Å². The van der Waals surface area contributed by atoms with Crippen molar-refractivity contribution in [1.82, 2.24) is 15.0 Å². The Morgan fingerprint density at radius 1 is 1.10 bits per heavy atom. The average Bonchev–Trinajstić information content (AvgIpc) is 3.16. The van der Waals surface area contributed by atoms with Gasteiger partial charge in [0.05, 0.1) is 10.2 Å². The van der Waals surface area contributed by atoms with E-state index in [1.807, 2.05) is 43.3 Å². The molecule has 3 heterocycles. The van der Waals surface area contributed by atoms with Crippen LogP contribution in [0, 0.1) is 0 Å². The Bertz CT molecular complexity index is 1110. The van der Waals surface area contributed by atoms with Crippen molar-refractivity contribution < 1.29 is 0 Å². The van der Waals surface area contributed by atoms with E-state index in [1.54, 1.807) is 23.7 Å². The number of nitrogens with one attached hydrogen (secondary N) is 1. The first-order valence-corrected chi connectivity index (χ1v) is 10.5.